The van der Waals surface area contributed by atoms with E-state index >= 15 is 0 Å². The number of carbonyl (C=O) groups excluding carboxylic acids is 1. The van der Waals surface area contributed by atoms with Gasteiger partial charge in [-0.25, -0.2) is 0 Å². The summed E-state index contributed by atoms with van der Waals surface area (Å²) < 4.78 is 0. The van der Waals surface area contributed by atoms with Gasteiger partial charge in [-0.15, -0.1) is 11.3 Å². The Morgan fingerprint density at radius 2 is 2.00 bits per heavy atom. The predicted octanol–water partition coefficient (Wildman–Crippen LogP) is 4.10. The Morgan fingerprint density at radius 1 is 1.26 bits per heavy atom. The molecule has 2 fully saturated rings. The molecular formula is C19H30N2OS. The van der Waals surface area contributed by atoms with E-state index in [1.54, 1.807) is 0 Å². The summed E-state index contributed by atoms with van der Waals surface area (Å²) in [5.41, 5.74) is 0.598. The van der Waals surface area contributed by atoms with Crippen LogP contribution in [0.25, 0.3) is 0 Å². The van der Waals surface area contributed by atoms with Gasteiger partial charge in [0.25, 0.3) is 0 Å². The molecule has 23 heavy (non-hydrogen) atoms. The molecule has 1 aliphatic carbocycles. The second-order valence-corrected chi connectivity index (χ2v) is 8.67. The summed E-state index contributed by atoms with van der Waals surface area (Å²) in [7, 11) is 4.45. The van der Waals surface area contributed by atoms with Crippen LogP contribution in [0.4, 0.5) is 0 Å². The molecule has 3 nitrogen and oxygen atoms in total. The SMILES string of the molecule is CCCC(=O)N1CCC2(CCC(c3cccs3)(N(C)C)CC2)C1. The first-order valence-corrected chi connectivity index (χ1v) is 9.89. The van der Waals surface area contributed by atoms with Gasteiger partial charge in [0, 0.05) is 24.4 Å². The molecular weight excluding hydrogens is 304 g/mol. The van der Waals surface area contributed by atoms with E-state index in [1.807, 2.05) is 11.3 Å². The Hall–Kier alpha value is -0.870. The zero-order valence-corrected chi connectivity index (χ0v) is 15.6. The van der Waals surface area contributed by atoms with E-state index in [-0.39, 0.29) is 5.54 Å². The monoisotopic (exact) mass is 334 g/mol. The number of carbonyl (C=O) groups is 1. The quantitative estimate of drug-likeness (QED) is 0.828. The van der Waals surface area contributed by atoms with Crippen molar-refractivity contribution in [2.24, 2.45) is 5.41 Å². The van der Waals surface area contributed by atoms with Gasteiger partial charge >= 0.3 is 0 Å². The van der Waals surface area contributed by atoms with Crippen LogP contribution in [-0.4, -0.2) is 42.9 Å². The minimum Gasteiger partial charge on any atom is -0.342 e. The van der Waals surface area contributed by atoms with E-state index in [2.05, 4.69) is 48.3 Å². The van der Waals surface area contributed by atoms with Gasteiger partial charge in [-0.2, -0.15) is 0 Å². The smallest absolute Gasteiger partial charge is 0.222 e. The average molecular weight is 335 g/mol. The van der Waals surface area contributed by atoms with Crippen molar-refractivity contribution in [1.29, 1.82) is 0 Å². The van der Waals surface area contributed by atoms with Gasteiger partial charge in [0.05, 0.1) is 5.54 Å². The fourth-order valence-electron chi connectivity index (χ4n) is 4.58. The molecule has 1 saturated heterocycles. The van der Waals surface area contributed by atoms with Gasteiger partial charge in [-0.1, -0.05) is 13.0 Å². The summed E-state index contributed by atoms with van der Waals surface area (Å²) in [5, 5.41) is 2.20. The zero-order chi connectivity index (χ0) is 16.5. The molecule has 128 valence electrons. The predicted molar refractivity (Wildman–Crippen MR) is 96.7 cm³/mol. The van der Waals surface area contributed by atoms with E-state index in [1.165, 1.54) is 37.0 Å². The van der Waals surface area contributed by atoms with Gasteiger partial charge in [0.2, 0.25) is 5.91 Å². The molecule has 1 aliphatic heterocycles. The lowest BCUT2D eigenvalue weighted by Crippen LogP contribution is -2.47. The summed E-state index contributed by atoms with van der Waals surface area (Å²) in [6.07, 6.45) is 7.82. The highest BCUT2D eigenvalue weighted by molar-refractivity contribution is 7.10. The highest BCUT2D eigenvalue weighted by atomic mass is 32.1. The first-order valence-electron chi connectivity index (χ1n) is 9.01. The van der Waals surface area contributed by atoms with Crippen LogP contribution in [0.15, 0.2) is 17.5 Å². The third kappa shape index (κ3) is 3.08. The second kappa shape index (κ2) is 6.56. The van der Waals surface area contributed by atoms with Crippen LogP contribution in [0.5, 0.6) is 0 Å². The summed E-state index contributed by atoms with van der Waals surface area (Å²) in [5.74, 6) is 0.368. The maximum Gasteiger partial charge on any atom is 0.222 e. The number of likely N-dealkylation sites (tertiary alicyclic amines) is 1. The lowest BCUT2D eigenvalue weighted by molar-refractivity contribution is -0.130. The third-order valence-electron chi connectivity index (χ3n) is 6.23. The number of amides is 1. The molecule has 0 aromatic carbocycles. The Morgan fingerprint density at radius 3 is 2.57 bits per heavy atom. The van der Waals surface area contributed by atoms with Crippen LogP contribution >= 0.6 is 11.3 Å². The normalized spacial score (nSPS) is 31.2. The summed E-state index contributed by atoms with van der Waals surface area (Å²) in [6.45, 7) is 4.07. The van der Waals surface area contributed by atoms with Crippen molar-refractivity contribution in [3.05, 3.63) is 22.4 Å². The van der Waals surface area contributed by atoms with Crippen LogP contribution in [-0.2, 0) is 10.3 Å². The highest BCUT2D eigenvalue weighted by Gasteiger charge is 2.48. The average Bonchev–Trinajstić information content (AvgIpc) is 3.19. The molecule has 1 saturated carbocycles. The fourth-order valence-corrected chi connectivity index (χ4v) is 5.65. The molecule has 1 aromatic heterocycles. The first-order chi connectivity index (χ1) is 11.0. The number of hydrogen-bond donors (Lipinski definition) is 0. The molecule has 2 heterocycles. The van der Waals surface area contributed by atoms with Crippen LogP contribution in [0.2, 0.25) is 0 Å². The highest BCUT2D eigenvalue weighted by Crippen LogP contribution is 2.52. The van der Waals surface area contributed by atoms with Crippen molar-refractivity contribution in [1.82, 2.24) is 9.80 Å². The molecule has 1 amide bonds. The summed E-state index contributed by atoms with van der Waals surface area (Å²) in [6, 6.07) is 4.48. The van der Waals surface area contributed by atoms with Crippen LogP contribution in [0.3, 0.4) is 0 Å². The maximum atomic E-state index is 12.2. The Labute approximate surface area is 144 Å². The van der Waals surface area contributed by atoms with Crippen molar-refractivity contribution >= 4 is 17.2 Å². The number of thiophene rings is 1. The Bertz CT molecular complexity index is 530. The molecule has 2 aliphatic rings. The van der Waals surface area contributed by atoms with Gasteiger partial charge in [0.15, 0.2) is 0 Å². The van der Waals surface area contributed by atoms with Crippen molar-refractivity contribution in [2.75, 3.05) is 27.2 Å². The van der Waals surface area contributed by atoms with Crippen LogP contribution in [0, 0.1) is 5.41 Å². The van der Waals surface area contributed by atoms with Gasteiger partial charge < -0.3 is 4.90 Å². The van der Waals surface area contributed by atoms with Gasteiger partial charge in [-0.3, -0.25) is 9.69 Å². The second-order valence-electron chi connectivity index (χ2n) is 7.72. The molecule has 4 heteroatoms. The topological polar surface area (TPSA) is 23.6 Å². The molecule has 0 N–H and O–H groups in total. The minimum absolute atomic E-state index is 0.209. The molecule has 0 radical (unpaired) electrons. The van der Waals surface area contributed by atoms with Crippen molar-refractivity contribution in [3.63, 3.8) is 0 Å². The van der Waals surface area contributed by atoms with Crippen molar-refractivity contribution < 1.29 is 4.79 Å². The molecule has 0 unspecified atom stereocenters. The molecule has 1 spiro atoms. The molecule has 0 bridgehead atoms. The third-order valence-corrected chi connectivity index (χ3v) is 7.29. The zero-order valence-electron chi connectivity index (χ0n) is 14.8. The van der Waals surface area contributed by atoms with Gasteiger partial charge in [-0.05, 0) is 69.5 Å². The van der Waals surface area contributed by atoms with Crippen LogP contribution in [0.1, 0.15) is 56.7 Å². The maximum absolute atomic E-state index is 12.2. The number of nitrogens with zero attached hydrogens (tertiary/aromatic N) is 2. The largest absolute Gasteiger partial charge is 0.342 e. The van der Waals surface area contributed by atoms with Crippen LogP contribution < -0.4 is 0 Å². The van der Waals surface area contributed by atoms with E-state index in [0.29, 0.717) is 17.7 Å². The fraction of sp³-hybridized carbons (Fsp3) is 0.737. The lowest BCUT2D eigenvalue weighted by atomic mass is 9.66. The molecule has 1 aromatic rings. The van der Waals surface area contributed by atoms with E-state index in [0.717, 1.165) is 19.5 Å². The van der Waals surface area contributed by atoms with E-state index in [4.69, 9.17) is 0 Å². The first kappa shape index (κ1) is 17.0. The minimum atomic E-state index is 0.209. The Balaban J connectivity index is 1.69. The molecule has 3 rings (SSSR count). The summed E-state index contributed by atoms with van der Waals surface area (Å²) in [4.78, 5) is 18.3. The lowest BCUT2D eigenvalue weighted by Gasteiger charge is -2.48. The standard InChI is InChI=1S/C19H30N2OS/c1-4-6-17(22)21-13-12-18(15-21)8-10-19(11-9-18,20(2)3)16-7-5-14-23-16/h5,7,14H,4,6,8-13,15H2,1-3H3. The number of hydrogen-bond acceptors (Lipinski definition) is 3. The molecule has 0 atom stereocenters. The van der Waals surface area contributed by atoms with Crippen molar-refractivity contribution in [3.8, 4) is 0 Å². The Kier molecular flexibility index (Phi) is 4.84. The van der Waals surface area contributed by atoms with E-state index < -0.39 is 0 Å². The van der Waals surface area contributed by atoms with Crippen molar-refractivity contribution in [2.45, 2.75) is 57.4 Å². The van der Waals surface area contributed by atoms with Gasteiger partial charge in [0.1, 0.15) is 0 Å². The summed E-state index contributed by atoms with van der Waals surface area (Å²) >= 11 is 1.89. The van der Waals surface area contributed by atoms with E-state index in [9.17, 15) is 4.79 Å². The number of rotatable bonds is 4.